The SMILES string of the molecule is CCC1CN(C(=O)c2ccc(-c3ccccc3)nc2)CC1N1CCOCC1. The van der Waals surface area contributed by atoms with E-state index in [1.165, 1.54) is 0 Å². The van der Waals surface area contributed by atoms with Crippen LogP contribution >= 0.6 is 0 Å². The second kappa shape index (κ2) is 8.19. The molecule has 2 saturated heterocycles. The van der Waals surface area contributed by atoms with Crippen molar-refractivity contribution in [1.82, 2.24) is 14.8 Å². The predicted octanol–water partition coefficient (Wildman–Crippen LogP) is 2.93. The smallest absolute Gasteiger partial charge is 0.255 e. The van der Waals surface area contributed by atoms with Gasteiger partial charge in [-0.25, -0.2) is 0 Å². The van der Waals surface area contributed by atoms with Crippen molar-refractivity contribution in [1.29, 1.82) is 0 Å². The van der Waals surface area contributed by atoms with Crippen molar-refractivity contribution in [2.45, 2.75) is 19.4 Å². The van der Waals surface area contributed by atoms with Crippen molar-refractivity contribution in [3.63, 3.8) is 0 Å². The van der Waals surface area contributed by atoms with Crippen LogP contribution in [0.3, 0.4) is 0 Å². The van der Waals surface area contributed by atoms with Gasteiger partial charge in [0, 0.05) is 44.0 Å². The van der Waals surface area contributed by atoms with E-state index in [1.54, 1.807) is 6.20 Å². The zero-order chi connectivity index (χ0) is 18.6. The molecule has 5 heteroatoms. The molecule has 2 aliphatic heterocycles. The normalized spacial score (nSPS) is 23.5. The Kier molecular flexibility index (Phi) is 5.50. The number of aromatic nitrogens is 1. The fourth-order valence-electron chi connectivity index (χ4n) is 4.23. The molecule has 2 aromatic rings. The Morgan fingerprint density at radius 1 is 1.11 bits per heavy atom. The number of rotatable bonds is 4. The maximum Gasteiger partial charge on any atom is 0.255 e. The zero-order valence-electron chi connectivity index (χ0n) is 15.9. The molecule has 1 amide bonds. The number of amides is 1. The first-order valence-corrected chi connectivity index (χ1v) is 9.89. The van der Waals surface area contributed by atoms with Gasteiger partial charge in [-0.15, -0.1) is 0 Å². The Balaban J connectivity index is 1.46. The van der Waals surface area contributed by atoms with E-state index in [1.807, 2.05) is 47.4 Å². The third-order valence-electron chi connectivity index (χ3n) is 5.81. The van der Waals surface area contributed by atoms with Gasteiger partial charge in [-0.1, -0.05) is 43.7 Å². The lowest BCUT2D eigenvalue weighted by Gasteiger charge is -2.34. The van der Waals surface area contributed by atoms with E-state index in [2.05, 4.69) is 16.8 Å². The van der Waals surface area contributed by atoms with Gasteiger partial charge in [0.25, 0.3) is 5.91 Å². The third-order valence-corrected chi connectivity index (χ3v) is 5.81. The van der Waals surface area contributed by atoms with E-state index in [0.29, 0.717) is 17.5 Å². The van der Waals surface area contributed by atoms with E-state index in [4.69, 9.17) is 4.74 Å². The van der Waals surface area contributed by atoms with Crippen LogP contribution in [0.15, 0.2) is 48.7 Å². The number of hydrogen-bond donors (Lipinski definition) is 0. The van der Waals surface area contributed by atoms with Crippen LogP contribution in [0.1, 0.15) is 23.7 Å². The molecule has 0 aliphatic carbocycles. The van der Waals surface area contributed by atoms with Gasteiger partial charge in [-0.05, 0) is 18.1 Å². The lowest BCUT2D eigenvalue weighted by Crippen LogP contribution is -2.47. The summed E-state index contributed by atoms with van der Waals surface area (Å²) in [5, 5.41) is 0. The van der Waals surface area contributed by atoms with Crippen LogP contribution < -0.4 is 0 Å². The number of carbonyl (C=O) groups is 1. The minimum absolute atomic E-state index is 0.0938. The van der Waals surface area contributed by atoms with Crippen LogP contribution in [0.2, 0.25) is 0 Å². The topological polar surface area (TPSA) is 45.7 Å². The molecule has 3 heterocycles. The second-order valence-electron chi connectivity index (χ2n) is 7.39. The summed E-state index contributed by atoms with van der Waals surface area (Å²) in [7, 11) is 0. The van der Waals surface area contributed by atoms with Crippen LogP contribution in [0.25, 0.3) is 11.3 Å². The largest absolute Gasteiger partial charge is 0.379 e. The van der Waals surface area contributed by atoms with Crippen LogP contribution in [0, 0.1) is 5.92 Å². The summed E-state index contributed by atoms with van der Waals surface area (Å²) in [6, 6.07) is 14.3. The molecule has 0 radical (unpaired) electrons. The van der Waals surface area contributed by atoms with Crippen molar-refractivity contribution in [3.05, 3.63) is 54.2 Å². The quantitative estimate of drug-likeness (QED) is 0.836. The Morgan fingerprint density at radius 3 is 2.56 bits per heavy atom. The van der Waals surface area contributed by atoms with Crippen LogP contribution in [0.4, 0.5) is 0 Å². The van der Waals surface area contributed by atoms with Gasteiger partial charge >= 0.3 is 0 Å². The lowest BCUT2D eigenvalue weighted by molar-refractivity contribution is 0.0103. The first-order valence-electron chi connectivity index (χ1n) is 9.89. The summed E-state index contributed by atoms with van der Waals surface area (Å²) in [4.78, 5) is 22.1. The zero-order valence-corrected chi connectivity index (χ0v) is 15.9. The van der Waals surface area contributed by atoms with Gasteiger partial charge in [0.05, 0.1) is 24.5 Å². The number of hydrogen-bond acceptors (Lipinski definition) is 4. The maximum absolute atomic E-state index is 13.0. The number of benzene rings is 1. The lowest BCUT2D eigenvalue weighted by atomic mass is 9.99. The first-order chi connectivity index (χ1) is 13.3. The highest BCUT2D eigenvalue weighted by Crippen LogP contribution is 2.27. The van der Waals surface area contributed by atoms with Crippen LogP contribution in [-0.2, 0) is 4.74 Å². The molecule has 0 bridgehead atoms. The average Bonchev–Trinajstić information content (AvgIpc) is 3.19. The second-order valence-corrected chi connectivity index (χ2v) is 7.39. The summed E-state index contributed by atoms with van der Waals surface area (Å²) in [6.07, 6.45) is 2.81. The molecule has 2 atom stereocenters. The standard InChI is InChI=1S/C22H27N3O2/c1-2-17-15-25(16-21(17)24-10-12-27-13-11-24)22(26)19-8-9-20(23-14-19)18-6-4-3-5-7-18/h3-9,14,17,21H,2,10-13,15-16H2,1H3. The number of nitrogens with zero attached hydrogens (tertiary/aromatic N) is 3. The third kappa shape index (κ3) is 3.89. The molecule has 2 fully saturated rings. The number of morpholine rings is 1. The highest BCUT2D eigenvalue weighted by atomic mass is 16.5. The molecular weight excluding hydrogens is 338 g/mol. The molecule has 1 aromatic carbocycles. The molecule has 0 saturated carbocycles. The number of carbonyl (C=O) groups excluding carboxylic acids is 1. The van der Waals surface area contributed by atoms with Crippen molar-refractivity contribution in [2.24, 2.45) is 5.92 Å². The molecule has 5 nitrogen and oxygen atoms in total. The number of ether oxygens (including phenoxy) is 1. The number of pyridine rings is 1. The average molecular weight is 365 g/mol. The molecule has 142 valence electrons. The highest BCUT2D eigenvalue weighted by molar-refractivity contribution is 5.94. The van der Waals surface area contributed by atoms with E-state index < -0.39 is 0 Å². The maximum atomic E-state index is 13.0. The molecule has 0 spiro atoms. The van der Waals surface area contributed by atoms with Crippen LogP contribution in [0.5, 0.6) is 0 Å². The molecule has 1 aromatic heterocycles. The van der Waals surface area contributed by atoms with E-state index in [-0.39, 0.29) is 5.91 Å². The molecular formula is C22H27N3O2. The van der Waals surface area contributed by atoms with E-state index in [0.717, 1.165) is 57.1 Å². The Morgan fingerprint density at radius 2 is 1.89 bits per heavy atom. The number of likely N-dealkylation sites (tertiary alicyclic amines) is 1. The summed E-state index contributed by atoms with van der Waals surface area (Å²) >= 11 is 0. The first kappa shape index (κ1) is 18.1. The Hall–Kier alpha value is -2.24. The minimum atomic E-state index is 0.0938. The molecule has 27 heavy (non-hydrogen) atoms. The molecule has 4 rings (SSSR count). The molecule has 0 N–H and O–H groups in total. The van der Waals surface area contributed by atoms with E-state index >= 15 is 0 Å². The van der Waals surface area contributed by atoms with Crippen molar-refractivity contribution in [3.8, 4) is 11.3 Å². The fourth-order valence-corrected chi connectivity index (χ4v) is 4.23. The summed E-state index contributed by atoms with van der Waals surface area (Å²) < 4.78 is 5.49. The van der Waals surface area contributed by atoms with Gasteiger partial charge in [0.1, 0.15) is 0 Å². The summed E-state index contributed by atoms with van der Waals surface area (Å²) in [5.41, 5.74) is 2.63. The van der Waals surface area contributed by atoms with Crippen molar-refractivity contribution in [2.75, 3.05) is 39.4 Å². The monoisotopic (exact) mass is 365 g/mol. The minimum Gasteiger partial charge on any atom is -0.379 e. The highest BCUT2D eigenvalue weighted by Gasteiger charge is 2.38. The van der Waals surface area contributed by atoms with Crippen molar-refractivity contribution < 1.29 is 9.53 Å². The van der Waals surface area contributed by atoms with E-state index in [9.17, 15) is 4.79 Å². The van der Waals surface area contributed by atoms with Crippen LogP contribution in [-0.4, -0.2) is 66.1 Å². The van der Waals surface area contributed by atoms with Crippen molar-refractivity contribution >= 4 is 5.91 Å². The Labute approximate surface area is 161 Å². The van der Waals surface area contributed by atoms with Gasteiger partial charge in [-0.3, -0.25) is 14.7 Å². The van der Waals surface area contributed by atoms with Gasteiger partial charge in [0.2, 0.25) is 0 Å². The Bertz CT molecular complexity index is 757. The van der Waals surface area contributed by atoms with Gasteiger partial charge in [0.15, 0.2) is 0 Å². The molecule has 2 unspecified atom stereocenters. The van der Waals surface area contributed by atoms with Gasteiger partial charge in [-0.2, -0.15) is 0 Å². The fraction of sp³-hybridized carbons (Fsp3) is 0.455. The summed E-state index contributed by atoms with van der Waals surface area (Å²) in [5.74, 6) is 0.625. The summed E-state index contributed by atoms with van der Waals surface area (Å²) in [6.45, 7) is 7.39. The van der Waals surface area contributed by atoms with Gasteiger partial charge < -0.3 is 9.64 Å². The predicted molar refractivity (Wildman–Crippen MR) is 106 cm³/mol. The molecule has 2 aliphatic rings.